The Labute approximate surface area is 133 Å². The van der Waals surface area contributed by atoms with E-state index in [-0.39, 0.29) is 16.9 Å². The van der Waals surface area contributed by atoms with Crippen LogP contribution in [0.1, 0.15) is 58.8 Å². The monoisotopic (exact) mass is 298 g/mol. The molecule has 1 unspecified atom stereocenters. The third kappa shape index (κ3) is 3.01. The van der Waals surface area contributed by atoms with E-state index in [9.17, 15) is 4.79 Å². The maximum absolute atomic E-state index is 11.4. The summed E-state index contributed by atoms with van der Waals surface area (Å²) >= 11 is 0. The van der Waals surface area contributed by atoms with Gasteiger partial charge < -0.3 is 4.74 Å². The zero-order chi connectivity index (χ0) is 16.7. The molecule has 1 aliphatic rings. The number of aldehydes is 1. The Hall–Kier alpha value is -1.83. The van der Waals surface area contributed by atoms with Crippen molar-refractivity contribution < 1.29 is 9.53 Å². The highest BCUT2D eigenvalue weighted by Crippen LogP contribution is 2.47. The van der Waals surface area contributed by atoms with Crippen LogP contribution >= 0.6 is 0 Å². The van der Waals surface area contributed by atoms with Crippen LogP contribution in [-0.2, 0) is 14.9 Å². The second kappa shape index (κ2) is 5.42. The van der Waals surface area contributed by atoms with E-state index >= 15 is 0 Å². The van der Waals surface area contributed by atoms with Gasteiger partial charge in [0.25, 0.3) is 0 Å². The van der Waals surface area contributed by atoms with Crippen LogP contribution in [0, 0.1) is 5.41 Å². The summed E-state index contributed by atoms with van der Waals surface area (Å²) in [7, 11) is 0. The average molecular weight is 298 g/mol. The van der Waals surface area contributed by atoms with Gasteiger partial charge in [0.1, 0.15) is 6.10 Å². The Balaban J connectivity index is 2.42. The lowest BCUT2D eigenvalue weighted by Crippen LogP contribution is -2.13. The van der Waals surface area contributed by atoms with E-state index in [0.29, 0.717) is 5.76 Å². The Kier molecular flexibility index (Phi) is 4.08. The van der Waals surface area contributed by atoms with E-state index in [4.69, 9.17) is 4.74 Å². The predicted octanol–water partition coefficient (Wildman–Crippen LogP) is 5.11. The molecule has 1 aromatic carbocycles. The molecule has 0 N–H and O–H groups in total. The Morgan fingerprint density at radius 3 is 2.18 bits per heavy atom. The topological polar surface area (TPSA) is 26.3 Å². The molecule has 1 atom stereocenters. The van der Waals surface area contributed by atoms with Crippen molar-refractivity contribution in [2.75, 3.05) is 0 Å². The average Bonchev–Trinajstić information content (AvgIpc) is 2.74. The predicted molar refractivity (Wildman–Crippen MR) is 90.7 cm³/mol. The zero-order valence-corrected chi connectivity index (χ0v) is 14.5. The molecule has 0 aromatic heterocycles. The van der Waals surface area contributed by atoms with Gasteiger partial charge in [-0.05, 0) is 27.5 Å². The second-order valence-electron chi connectivity index (χ2n) is 8.01. The molecule has 1 aromatic rings. The van der Waals surface area contributed by atoms with Crippen molar-refractivity contribution in [2.45, 2.75) is 53.1 Å². The second-order valence-corrected chi connectivity index (χ2v) is 8.01. The molecule has 0 spiro atoms. The summed E-state index contributed by atoms with van der Waals surface area (Å²) in [6, 6.07) is 8.37. The van der Waals surface area contributed by atoms with Gasteiger partial charge in [0.2, 0.25) is 0 Å². The van der Waals surface area contributed by atoms with Crippen LogP contribution in [0.15, 0.2) is 47.7 Å². The van der Waals surface area contributed by atoms with E-state index < -0.39 is 0 Å². The van der Waals surface area contributed by atoms with Gasteiger partial charge in [0.15, 0.2) is 12.0 Å². The molecule has 0 amide bonds. The fraction of sp³-hybridized carbons (Fsp3) is 0.450. The van der Waals surface area contributed by atoms with Crippen LogP contribution in [-0.4, -0.2) is 6.29 Å². The highest BCUT2D eigenvalue weighted by Gasteiger charge is 2.37. The molecule has 22 heavy (non-hydrogen) atoms. The van der Waals surface area contributed by atoms with Crippen LogP contribution in [0.5, 0.6) is 0 Å². The van der Waals surface area contributed by atoms with Crippen molar-refractivity contribution in [3.8, 4) is 0 Å². The SMILES string of the molecule is C=C1C(C(C)(C)C)=C(C=O)OC1c1cccc(C(C)(C)C)c1. The lowest BCUT2D eigenvalue weighted by Gasteiger charge is -2.23. The third-order valence-corrected chi connectivity index (χ3v) is 4.04. The van der Waals surface area contributed by atoms with E-state index in [0.717, 1.165) is 23.0 Å². The van der Waals surface area contributed by atoms with Gasteiger partial charge in [-0.15, -0.1) is 0 Å². The van der Waals surface area contributed by atoms with Crippen LogP contribution in [0.4, 0.5) is 0 Å². The third-order valence-electron chi connectivity index (χ3n) is 4.04. The lowest BCUT2D eigenvalue weighted by molar-refractivity contribution is -0.108. The van der Waals surface area contributed by atoms with Crippen LogP contribution in [0.3, 0.4) is 0 Å². The summed E-state index contributed by atoms with van der Waals surface area (Å²) in [6.07, 6.45) is 0.538. The van der Waals surface area contributed by atoms with Crippen molar-refractivity contribution in [1.29, 1.82) is 0 Å². The number of benzene rings is 1. The van der Waals surface area contributed by atoms with E-state index in [1.165, 1.54) is 5.56 Å². The normalized spacial score (nSPS) is 19.4. The number of ether oxygens (including phenoxy) is 1. The number of carbonyl (C=O) groups excluding carboxylic acids is 1. The number of allylic oxidation sites excluding steroid dienone is 1. The molecule has 0 fully saturated rings. The van der Waals surface area contributed by atoms with Crippen LogP contribution in [0.25, 0.3) is 0 Å². The summed E-state index contributed by atoms with van der Waals surface area (Å²) in [5.41, 5.74) is 4.02. The molecule has 2 rings (SSSR count). The first-order valence-corrected chi connectivity index (χ1v) is 7.72. The molecule has 2 nitrogen and oxygen atoms in total. The number of hydrogen-bond acceptors (Lipinski definition) is 2. The summed E-state index contributed by atoms with van der Waals surface area (Å²) in [5, 5.41) is 0. The van der Waals surface area contributed by atoms with E-state index in [2.05, 4.69) is 60.3 Å². The van der Waals surface area contributed by atoms with Gasteiger partial charge in [0.05, 0.1) is 0 Å². The quantitative estimate of drug-likeness (QED) is 0.709. The fourth-order valence-electron chi connectivity index (χ4n) is 2.92. The van der Waals surface area contributed by atoms with Gasteiger partial charge in [-0.2, -0.15) is 0 Å². The van der Waals surface area contributed by atoms with E-state index in [1.54, 1.807) is 0 Å². The Morgan fingerprint density at radius 1 is 1.09 bits per heavy atom. The molecule has 0 aliphatic carbocycles. The first kappa shape index (κ1) is 16.5. The maximum atomic E-state index is 11.4. The molecule has 0 saturated heterocycles. The molecule has 1 aliphatic heterocycles. The van der Waals surface area contributed by atoms with Crippen molar-refractivity contribution >= 4 is 6.29 Å². The van der Waals surface area contributed by atoms with Crippen LogP contribution in [0.2, 0.25) is 0 Å². The molecular weight excluding hydrogens is 272 g/mol. The number of rotatable bonds is 2. The maximum Gasteiger partial charge on any atom is 0.185 e. The van der Waals surface area contributed by atoms with Crippen molar-refractivity contribution in [3.63, 3.8) is 0 Å². The highest BCUT2D eigenvalue weighted by atomic mass is 16.5. The minimum absolute atomic E-state index is 0.0731. The van der Waals surface area contributed by atoms with Gasteiger partial charge in [-0.1, -0.05) is 72.4 Å². The molecule has 1 heterocycles. The van der Waals surface area contributed by atoms with Gasteiger partial charge >= 0.3 is 0 Å². The summed E-state index contributed by atoms with van der Waals surface area (Å²) in [5.74, 6) is 0.420. The first-order chi connectivity index (χ1) is 10.1. The molecule has 2 heteroatoms. The first-order valence-electron chi connectivity index (χ1n) is 7.72. The molecular formula is C20H26O2. The molecule has 0 radical (unpaired) electrons. The summed E-state index contributed by atoms with van der Waals surface area (Å²) < 4.78 is 5.93. The molecule has 0 bridgehead atoms. The summed E-state index contributed by atoms with van der Waals surface area (Å²) in [4.78, 5) is 11.4. The van der Waals surface area contributed by atoms with Crippen molar-refractivity contribution in [2.24, 2.45) is 5.41 Å². The van der Waals surface area contributed by atoms with Crippen LogP contribution < -0.4 is 0 Å². The fourth-order valence-corrected chi connectivity index (χ4v) is 2.92. The largest absolute Gasteiger partial charge is 0.477 e. The molecule has 0 saturated carbocycles. The Morgan fingerprint density at radius 2 is 1.73 bits per heavy atom. The van der Waals surface area contributed by atoms with Crippen molar-refractivity contribution in [1.82, 2.24) is 0 Å². The Bertz CT molecular complexity index is 636. The minimum Gasteiger partial charge on any atom is -0.477 e. The lowest BCUT2D eigenvalue weighted by atomic mass is 9.79. The minimum atomic E-state index is -0.267. The van der Waals surface area contributed by atoms with Gasteiger partial charge in [0, 0.05) is 5.57 Å². The summed E-state index contributed by atoms with van der Waals surface area (Å²) in [6.45, 7) is 17.0. The zero-order valence-electron chi connectivity index (χ0n) is 14.5. The smallest absolute Gasteiger partial charge is 0.185 e. The van der Waals surface area contributed by atoms with Gasteiger partial charge in [-0.3, -0.25) is 4.79 Å². The van der Waals surface area contributed by atoms with Gasteiger partial charge in [-0.25, -0.2) is 0 Å². The van der Waals surface area contributed by atoms with Crippen molar-refractivity contribution in [3.05, 3.63) is 58.9 Å². The number of hydrogen-bond donors (Lipinski definition) is 0. The van der Waals surface area contributed by atoms with E-state index in [1.807, 2.05) is 12.1 Å². The molecule has 118 valence electrons. The standard InChI is InChI=1S/C20H26O2/c1-13-17(20(5,6)7)16(12-21)22-18(13)14-9-8-10-15(11-14)19(2,3)4/h8-12,18H,1H2,2-7H3. The number of carbonyl (C=O) groups is 1. The highest BCUT2D eigenvalue weighted by molar-refractivity contribution is 5.76.